The summed E-state index contributed by atoms with van der Waals surface area (Å²) in [4.78, 5) is 232. The Bertz CT molecular complexity index is 3590. The molecule has 0 bridgehead atoms. The van der Waals surface area contributed by atoms with Crippen LogP contribution in [0, 0.1) is 23.7 Å². The van der Waals surface area contributed by atoms with E-state index in [1.165, 1.54) is 31.2 Å². The number of nitrogens with two attached hydrogens (primary N) is 5. The van der Waals surface area contributed by atoms with Crippen LogP contribution in [0.5, 0.6) is 5.75 Å². The number of carbonyl (C=O) groups excluding carboxylic acids is 15. The lowest BCUT2D eigenvalue weighted by Gasteiger charge is -2.29. The van der Waals surface area contributed by atoms with Crippen LogP contribution < -0.4 is 97.8 Å². The SMILES string of the molecule is CC(C)C[C@H](NC(=O)[C@H](C)NC(=O)[C@H](CC(=O)O)NC(=O)[C@H](Cc1ccc(O)cc1)NC(=O)[C@H](Cc1ccccc1)NC(=O)[C@H](CC(N)=O)NC(=O)[C@H](CC(C)C)NC(=O)[C@@H](N)CO)C(=O)N[C@@H](CCC(N)=O)C(=O)N[C@@H](CC(C)C)C(=O)N[C@@H](CC(C)C)C(=O)N[C@@H](C)C(=O)N[C@@H](CCCCN)C(=O)N[C@@H](CCCCN)C(=O)O. The van der Waals surface area contributed by atoms with Crippen molar-refractivity contribution in [2.75, 3.05) is 19.7 Å². The van der Waals surface area contributed by atoms with Gasteiger partial charge in [-0.3, -0.25) is 76.7 Å². The number of aliphatic hydroxyl groups is 1. The Morgan fingerprint density at radius 2 is 0.643 bits per heavy atom. The average molecular weight is 1620 g/mol. The van der Waals surface area contributed by atoms with Crippen molar-refractivity contribution in [3.63, 3.8) is 0 Å². The van der Waals surface area contributed by atoms with Gasteiger partial charge >= 0.3 is 11.9 Å². The van der Waals surface area contributed by atoms with Crippen LogP contribution in [0.4, 0.5) is 0 Å². The summed E-state index contributed by atoms with van der Waals surface area (Å²) in [5, 5.41) is 71.9. The fraction of sp³-hybridized carbons (Fsp3) is 0.618. The second-order valence-electron chi connectivity index (χ2n) is 30.2. The Balaban J connectivity index is 2.50. The number of carbonyl (C=O) groups is 17. The van der Waals surface area contributed by atoms with Crippen molar-refractivity contribution in [2.45, 2.75) is 257 Å². The highest BCUT2D eigenvalue weighted by molar-refractivity contribution is 6.01. The number of primary amides is 2. The molecule has 39 nitrogen and oxygen atoms in total. The van der Waals surface area contributed by atoms with Crippen LogP contribution in [0.2, 0.25) is 0 Å². The Morgan fingerprint density at radius 1 is 0.339 bits per heavy atom. The van der Waals surface area contributed by atoms with Crippen molar-refractivity contribution < 1.29 is 102 Å². The van der Waals surface area contributed by atoms with Crippen LogP contribution in [0.1, 0.15) is 170 Å². The molecule has 0 saturated heterocycles. The number of hydrogen-bond acceptors (Lipinski definition) is 22. The van der Waals surface area contributed by atoms with Crippen LogP contribution in [0.15, 0.2) is 54.6 Å². The maximum atomic E-state index is 14.7. The Morgan fingerprint density at radius 3 is 1.03 bits per heavy atom. The minimum atomic E-state index is -2.03. The molecule has 0 aromatic heterocycles. The predicted octanol–water partition coefficient (Wildman–Crippen LogP) is -4.02. The molecule has 0 radical (unpaired) electrons. The molecule has 2 rings (SSSR count). The number of aliphatic hydroxyl groups excluding tert-OH is 1. The van der Waals surface area contributed by atoms with E-state index in [1.54, 1.807) is 85.7 Å². The topological polar surface area (TPSA) is 658 Å². The van der Waals surface area contributed by atoms with Crippen molar-refractivity contribution >= 4 is 101 Å². The van der Waals surface area contributed by atoms with E-state index in [4.69, 9.17) is 28.7 Å². The van der Waals surface area contributed by atoms with Gasteiger partial charge in [-0.1, -0.05) is 97.9 Å². The lowest BCUT2D eigenvalue weighted by molar-refractivity contribution is -0.142. The van der Waals surface area contributed by atoms with Crippen molar-refractivity contribution in [2.24, 2.45) is 52.3 Å². The number of carboxylic acid groups (broad SMARTS) is 2. The lowest BCUT2D eigenvalue weighted by Crippen LogP contribution is -2.61. The summed E-state index contributed by atoms with van der Waals surface area (Å²) in [5.41, 5.74) is 28.7. The Hall–Kier alpha value is -10.9. The molecule has 0 aliphatic heterocycles. The van der Waals surface area contributed by atoms with E-state index in [2.05, 4.69) is 69.1 Å². The third kappa shape index (κ3) is 39.1. The fourth-order valence-corrected chi connectivity index (χ4v) is 11.7. The maximum absolute atomic E-state index is 14.7. The van der Waals surface area contributed by atoms with Gasteiger partial charge in [0.1, 0.15) is 90.3 Å². The van der Waals surface area contributed by atoms with E-state index in [9.17, 15) is 102 Å². The number of phenolic OH excluding ortho intramolecular Hbond substituents is 1. The zero-order valence-corrected chi connectivity index (χ0v) is 67.1. The largest absolute Gasteiger partial charge is 0.508 e. The van der Waals surface area contributed by atoms with Crippen LogP contribution in [-0.4, -0.2) is 225 Å². The van der Waals surface area contributed by atoms with Gasteiger partial charge in [0.2, 0.25) is 88.6 Å². The molecule has 2 aromatic carbocycles. The van der Waals surface area contributed by atoms with Crippen molar-refractivity contribution in [1.29, 1.82) is 0 Å². The van der Waals surface area contributed by atoms with Crippen LogP contribution in [0.25, 0.3) is 0 Å². The molecule has 0 aliphatic rings. The first-order valence-electron chi connectivity index (χ1n) is 38.5. The standard InChI is InChI=1S/C76H122N18O21/c1-39(2)30-52(68(106)82-43(9)63(101)84-49(20-14-16-28-77)66(104)86-51(76(114)115)21-15-17-29-78)90-72(110)55(33-42(7)8)89-67(105)50(26-27-60(80)97)85-70(108)53(31-40(3)4)87-64(102)44(10)83-69(107)59(37-62(99)100)94-74(112)57(35-46-22-24-47(96)25-23-46)91-73(111)56(34-45-18-12-11-13-19-45)92-75(113)58(36-61(81)98)93-71(109)54(32-41(5)6)88-65(103)48(79)38-95/h11-13,18-19,22-25,39-44,48-59,95-96H,14-17,20-21,26-38,77-79H2,1-10H3,(H2,80,97)(H2,81,98)(H,82,106)(H,83,107)(H,84,101)(H,85,108)(H,86,104)(H,87,102)(H,88,103)(H,89,105)(H,90,110)(H,91,111)(H,92,113)(H,93,109)(H,94,112)(H,99,100)(H,114,115)/t43-,44-,48-,49-,50-,51-,52-,53-,54-,55-,56-,57-,58-,59-/m0/s1. The number of phenols is 1. The molecule has 2 aromatic rings. The van der Waals surface area contributed by atoms with Crippen molar-refractivity contribution in [1.82, 2.24) is 69.1 Å². The van der Waals surface area contributed by atoms with Gasteiger partial charge in [-0.2, -0.15) is 0 Å². The van der Waals surface area contributed by atoms with Gasteiger partial charge in [0.05, 0.1) is 19.4 Å². The molecule has 0 fully saturated rings. The van der Waals surface area contributed by atoms with Gasteiger partial charge in [-0.15, -0.1) is 0 Å². The zero-order valence-electron chi connectivity index (χ0n) is 67.1. The molecular weight excluding hydrogens is 1500 g/mol. The molecule has 0 saturated carbocycles. The Kier molecular flexibility index (Phi) is 45.1. The molecule has 0 unspecified atom stereocenters. The normalized spacial score (nSPS) is 14.9. The van der Waals surface area contributed by atoms with E-state index >= 15 is 0 Å². The Labute approximate surface area is 669 Å². The minimum Gasteiger partial charge on any atom is -0.508 e. The van der Waals surface area contributed by atoms with Crippen molar-refractivity contribution in [3.8, 4) is 5.75 Å². The first-order chi connectivity index (χ1) is 54.0. The number of rotatable bonds is 55. The number of hydrogen-bond donors (Lipinski definition) is 22. The highest BCUT2D eigenvalue weighted by Gasteiger charge is 2.39. The van der Waals surface area contributed by atoms with Gasteiger partial charge < -0.3 is 118 Å². The second-order valence-corrected chi connectivity index (χ2v) is 30.2. The number of carboxylic acids is 2. The number of benzene rings is 2. The van der Waals surface area contributed by atoms with E-state index in [1.807, 2.05) is 0 Å². The monoisotopic (exact) mass is 1620 g/mol. The number of aromatic hydroxyl groups is 1. The summed E-state index contributed by atoms with van der Waals surface area (Å²) < 4.78 is 0. The molecule has 115 heavy (non-hydrogen) atoms. The second kappa shape index (κ2) is 51.7. The third-order valence-electron chi connectivity index (χ3n) is 17.8. The van der Waals surface area contributed by atoms with Crippen LogP contribution in [0.3, 0.4) is 0 Å². The summed E-state index contributed by atoms with van der Waals surface area (Å²) in [5.74, 6) is -19.3. The quantitative estimate of drug-likeness (QED) is 0.0281. The summed E-state index contributed by atoms with van der Waals surface area (Å²) in [7, 11) is 0. The highest BCUT2D eigenvalue weighted by atomic mass is 16.4. The van der Waals surface area contributed by atoms with Crippen LogP contribution >= 0.6 is 0 Å². The molecule has 27 N–H and O–H groups in total. The van der Waals surface area contributed by atoms with E-state index in [0.29, 0.717) is 37.8 Å². The summed E-state index contributed by atoms with van der Waals surface area (Å²) in [6.45, 7) is 16.0. The number of amides is 15. The molecule has 642 valence electrons. The van der Waals surface area contributed by atoms with E-state index in [-0.39, 0.29) is 86.5 Å². The molecule has 39 heteroatoms. The molecule has 14 atom stereocenters. The minimum absolute atomic E-state index is 0.00262. The zero-order chi connectivity index (χ0) is 86.9. The molecule has 15 amide bonds. The summed E-state index contributed by atoms with van der Waals surface area (Å²) >= 11 is 0. The average Bonchev–Trinajstić information content (AvgIpc) is 0.845. The van der Waals surface area contributed by atoms with Gasteiger partial charge in [0, 0.05) is 19.3 Å². The molecule has 0 heterocycles. The molecule has 0 spiro atoms. The smallest absolute Gasteiger partial charge is 0.326 e. The summed E-state index contributed by atoms with van der Waals surface area (Å²) in [6.07, 6.45) is -1.97. The number of nitrogens with one attached hydrogen (secondary N) is 13. The first kappa shape index (κ1) is 100. The van der Waals surface area contributed by atoms with Gasteiger partial charge in [-0.25, -0.2) is 4.79 Å². The lowest BCUT2D eigenvalue weighted by atomic mass is 9.99. The third-order valence-corrected chi connectivity index (χ3v) is 17.8. The van der Waals surface area contributed by atoms with Gasteiger partial charge in [-0.05, 0) is 144 Å². The van der Waals surface area contributed by atoms with Gasteiger partial charge in [0.15, 0.2) is 0 Å². The first-order valence-corrected chi connectivity index (χ1v) is 38.5. The van der Waals surface area contributed by atoms with E-state index in [0.717, 1.165) is 6.92 Å². The highest BCUT2D eigenvalue weighted by Crippen LogP contribution is 2.17. The number of aliphatic carboxylic acids is 2. The predicted molar refractivity (Wildman–Crippen MR) is 419 cm³/mol. The van der Waals surface area contributed by atoms with Crippen LogP contribution in [-0.2, 0) is 94.3 Å². The molecular formula is C76H122N18O21. The fourth-order valence-electron chi connectivity index (χ4n) is 11.7. The maximum Gasteiger partial charge on any atom is 0.326 e. The summed E-state index contributed by atoms with van der Waals surface area (Å²) in [6, 6.07) is -8.11. The molecule has 0 aliphatic carbocycles. The van der Waals surface area contributed by atoms with E-state index < -0.39 is 224 Å². The number of unbranched alkanes of at least 4 members (excludes halogenated alkanes) is 2. The van der Waals surface area contributed by atoms with Crippen molar-refractivity contribution in [3.05, 3.63) is 65.7 Å². The van der Waals surface area contributed by atoms with Gasteiger partial charge in [0.25, 0.3) is 0 Å².